The molecule has 1 rings (SSSR count). The van der Waals surface area contributed by atoms with Gasteiger partial charge in [0.25, 0.3) is 0 Å². The summed E-state index contributed by atoms with van der Waals surface area (Å²) in [7, 11) is -2.57. The molecule has 0 bridgehead atoms. The van der Waals surface area contributed by atoms with Gasteiger partial charge in [0.15, 0.2) is 0 Å². The van der Waals surface area contributed by atoms with Crippen LogP contribution in [0.2, 0.25) is 0 Å². The molecule has 1 aliphatic rings. The molecule has 0 aromatic rings. The molecule has 7 heteroatoms. The van der Waals surface area contributed by atoms with E-state index >= 15 is 0 Å². The van der Waals surface area contributed by atoms with Crippen molar-refractivity contribution in [3.05, 3.63) is 0 Å². The van der Waals surface area contributed by atoms with Crippen LogP contribution in [0.15, 0.2) is 0 Å². The summed E-state index contributed by atoms with van der Waals surface area (Å²) in [6.45, 7) is 7.92. The molecule has 1 aliphatic heterocycles. The van der Waals surface area contributed by atoms with Gasteiger partial charge in [-0.2, -0.15) is 0 Å². The number of hydrogen-bond acceptors (Lipinski definition) is 4. The second-order valence-electron chi connectivity index (χ2n) is 4.18. The van der Waals surface area contributed by atoms with E-state index in [1.54, 1.807) is 0 Å². The Hall–Kier alpha value is -0.210. The van der Waals surface area contributed by atoms with Crippen molar-refractivity contribution >= 4 is 10.4 Å². The van der Waals surface area contributed by atoms with Crippen LogP contribution in [0.4, 0.5) is 0 Å². The molecule has 106 valence electrons. The minimum atomic E-state index is -4.92. The topological polar surface area (TPSA) is 86.7 Å². The smallest absolute Gasteiger partial charge is 0.215 e. The van der Waals surface area contributed by atoms with Gasteiger partial charge in [-0.25, -0.2) is 8.42 Å². The molecule has 0 radical (unpaired) electrons. The standard InChI is InChI=1S/C9H20NO.CH4.H2O4S/c1-3-4-5-10(2)6-8-11-9-7-10;;1-5(2,3)4/h3-9H2,1-2H3;1H4;(H2,1,2,3,4)/q+1;;/p-1. The third-order valence-corrected chi connectivity index (χ3v) is 2.60. The number of hydrogen-bond donors (Lipinski definition) is 1. The predicted molar refractivity (Wildman–Crippen MR) is 65.6 cm³/mol. The first kappa shape index (κ1) is 19.1. The highest BCUT2D eigenvalue weighted by atomic mass is 32.3. The van der Waals surface area contributed by atoms with E-state index in [2.05, 4.69) is 14.0 Å². The first-order chi connectivity index (χ1) is 7.27. The van der Waals surface area contributed by atoms with Gasteiger partial charge in [-0.05, 0) is 6.42 Å². The van der Waals surface area contributed by atoms with E-state index in [1.165, 1.54) is 37.0 Å². The summed E-state index contributed by atoms with van der Waals surface area (Å²) in [5.74, 6) is 0. The Bertz CT molecular complexity index is 264. The van der Waals surface area contributed by atoms with Crippen LogP contribution in [0, 0.1) is 0 Å². The summed E-state index contributed by atoms with van der Waals surface area (Å²) in [6.07, 6.45) is 2.67. The van der Waals surface area contributed by atoms with Gasteiger partial charge in [0.1, 0.15) is 13.1 Å². The monoisotopic (exact) mass is 271 g/mol. The Morgan fingerprint density at radius 3 is 2.12 bits per heavy atom. The maximum Gasteiger partial charge on any atom is 0.215 e. The predicted octanol–water partition coefficient (Wildman–Crippen LogP) is 0.904. The molecule has 1 heterocycles. The van der Waals surface area contributed by atoms with Gasteiger partial charge in [-0.15, -0.1) is 0 Å². The van der Waals surface area contributed by atoms with E-state index in [4.69, 9.17) is 22.3 Å². The van der Waals surface area contributed by atoms with Crippen LogP contribution in [0.3, 0.4) is 0 Å². The van der Waals surface area contributed by atoms with Gasteiger partial charge in [-0.3, -0.25) is 4.55 Å². The molecule has 0 unspecified atom stereocenters. The first-order valence-corrected chi connectivity index (χ1v) is 6.73. The minimum Gasteiger partial charge on any atom is -0.726 e. The van der Waals surface area contributed by atoms with Crippen LogP contribution >= 0.6 is 0 Å². The van der Waals surface area contributed by atoms with Crippen LogP contribution < -0.4 is 0 Å². The highest BCUT2D eigenvalue weighted by Gasteiger charge is 2.23. The molecule has 0 spiro atoms. The van der Waals surface area contributed by atoms with Gasteiger partial charge >= 0.3 is 0 Å². The number of quaternary nitrogens is 1. The number of ether oxygens (including phenoxy) is 1. The maximum atomic E-state index is 8.63. The van der Waals surface area contributed by atoms with Crippen molar-refractivity contribution in [2.45, 2.75) is 27.2 Å². The second kappa shape index (κ2) is 8.82. The lowest BCUT2D eigenvalue weighted by molar-refractivity contribution is -0.917. The van der Waals surface area contributed by atoms with Crippen molar-refractivity contribution in [1.29, 1.82) is 0 Å². The van der Waals surface area contributed by atoms with Gasteiger partial charge in [0.05, 0.1) is 26.8 Å². The second-order valence-corrected chi connectivity index (χ2v) is 5.04. The Balaban J connectivity index is 0. The highest BCUT2D eigenvalue weighted by molar-refractivity contribution is 7.79. The number of rotatable bonds is 3. The highest BCUT2D eigenvalue weighted by Crippen LogP contribution is 2.08. The lowest BCUT2D eigenvalue weighted by Gasteiger charge is -2.37. The Kier molecular flexibility index (Phi) is 9.93. The van der Waals surface area contributed by atoms with E-state index in [9.17, 15) is 0 Å². The van der Waals surface area contributed by atoms with Crippen molar-refractivity contribution in [2.24, 2.45) is 0 Å². The summed E-state index contributed by atoms with van der Waals surface area (Å²) in [4.78, 5) is 0. The molecule has 0 amide bonds. The Labute approximate surface area is 105 Å². The van der Waals surface area contributed by atoms with Crippen molar-refractivity contribution < 1.29 is 26.7 Å². The lowest BCUT2D eigenvalue weighted by Crippen LogP contribution is -2.52. The fraction of sp³-hybridized carbons (Fsp3) is 1.00. The van der Waals surface area contributed by atoms with Crippen LogP contribution in [0.25, 0.3) is 0 Å². The summed E-state index contributed by atoms with van der Waals surface area (Å²) < 4.78 is 39.4. The van der Waals surface area contributed by atoms with E-state index < -0.39 is 10.4 Å². The van der Waals surface area contributed by atoms with Crippen LogP contribution in [0.5, 0.6) is 0 Å². The Morgan fingerprint density at radius 1 is 1.35 bits per heavy atom. The molecule has 0 atom stereocenters. The fourth-order valence-electron chi connectivity index (χ4n) is 1.55. The molecule has 1 saturated heterocycles. The van der Waals surface area contributed by atoms with E-state index in [-0.39, 0.29) is 7.43 Å². The zero-order valence-electron chi connectivity index (χ0n) is 9.89. The van der Waals surface area contributed by atoms with Crippen LogP contribution in [-0.4, -0.2) is 61.9 Å². The van der Waals surface area contributed by atoms with Gasteiger partial charge < -0.3 is 13.8 Å². The molecule has 0 aliphatic carbocycles. The molecule has 0 aromatic carbocycles. The first-order valence-electron chi connectivity index (χ1n) is 5.36. The van der Waals surface area contributed by atoms with Crippen LogP contribution in [-0.2, 0) is 15.1 Å². The maximum absolute atomic E-state index is 8.63. The normalized spacial score (nSPS) is 18.6. The van der Waals surface area contributed by atoms with Crippen molar-refractivity contribution in [2.75, 3.05) is 39.9 Å². The van der Waals surface area contributed by atoms with E-state index in [0.717, 1.165) is 13.2 Å². The summed E-state index contributed by atoms with van der Waals surface area (Å²) in [5, 5.41) is 0. The molecule has 1 fully saturated rings. The van der Waals surface area contributed by atoms with Crippen molar-refractivity contribution in [1.82, 2.24) is 0 Å². The van der Waals surface area contributed by atoms with Crippen molar-refractivity contribution in [3.8, 4) is 0 Å². The fourth-order valence-corrected chi connectivity index (χ4v) is 1.55. The zero-order chi connectivity index (χ0) is 12.7. The number of morpholine rings is 1. The SMILES string of the molecule is C.CCCC[N+]1(C)CCOCC1.O=S(=O)([O-])O. The van der Waals surface area contributed by atoms with E-state index in [0.29, 0.717) is 0 Å². The van der Waals surface area contributed by atoms with Gasteiger partial charge in [0.2, 0.25) is 10.4 Å². The number of likely N-dealkylation sites (N-methyl/N-ethyl adjacent to an activating group) is 1. The number of nitrogens with zero attached hydrogens (tertiary/aromatic N) is 1. The Morgan fingerprint density at radius 2 is 1.76 bits per heavy atom. The van der Waals surface area contributed by atoms with Gasteiger partial charge in [0, 0.05) is 0 Å². The average Bonchev–Trinajstić information content (AvgIpc) is 2.13. The largest absolute Gasteiger partial charge is 0.726 e. The zero-order valence-corrected chi connectivity index (χ0v) is 10.7. The lowest BCUT2D eigenvalue weighted by atomic mass is 10.2. The summed E-state index contributed by atoms with van der Waals surface area (Å²) >= 11 is 0. The summed E-state index contributed by atoms with van der Waals surface area (Å²) in [6, 6.07) is 0. The quantitative estimate of drug-likeness (QED) is 0.468. The molecule has 0 aromatic heterocycles. The average molecular weight is 271 g/mol. The van der Waals surface area contributed by atoms with E-state index in [1.807, 2.05) is 0 Å². The minimum absolute atomic E-state index is 0. The summed E-state index contributed by atoms with van der Waals surface area (Å²) in [5.41, 5.74) is 0. The molecule has 6 nitrogen and oxygen atoms in total. The molecule has 0 saturated carbocycles. The van der Waals surface area contributed by atoms with Crippen molar-refractivity contribution in [3.63, 3.8) is 0 Å². The third-order valence-electron chi connectivity index (χ3n) is 2.60. The molecule has 17 heavy (non-hydrogen) atoms. The van der Waals surface area contributed by atoms with Crippen LogP contribution in [0.1, 0.15) is 27.2 Å². The molecule has 1 N–H and O–H groups in total. The number of unbranched alkanes of at least 4 members (excludes halogenated alkanes) is 1. The molecular formula is C10H25NO5S. The molecular weight excluding hydrogens is 246 g/mol. The third kappa shape index (κ3) is 13.7. The van der Waals surface area contributed by atoms with Gasteiger partial charge in [-0.1, -0.05) is 20.8 Å².